The smallest absolute Gasteiger partial charge is 0.258 e. The first-order valence-corrected chi connectivity index (χ1v) is 8.75. The highest BCUT2D eigenvalue weighted by Gasteiger charge is 2.30. The molecule has 0 aliphatic carbocycles. The van der Waals surface area contributed by atoms with Gasteiger partial charge < -0.3 is 4.74 Å². The molecule has 2 atom stereocenters. The van der Waals surface area contributed by atoms with Gasteiger partial charge in [0, 0.05) is 6.04 Å². The van der Waals surface area contributed by atoms with Crippen LogP contribution in [0.5, 0.6) is 5.75 Å². The van der Waals surface area contributed by atoms with Gasteiger partial charge >= 0.3 is 0 Å². The number of amides is 1. The molecule has 0 spiro atoms. The van der Waals surface area contributed by atoms with Crippen LogP contribution in [0.25, 0.3) is 0 Å². The standard InChI is InChI=1S/C18H18Cl2N4O2/c1-26-13-4-2-3-11(7-13)10-21-24-18(25)17-9-16(22-23-17)12-5-6-14(19)15(20)8-12/h2-8,10,16-17,22-23H,9H2,1H3,(H,24,25)/b21-10+. The van der Waals surface area contributed by atoms with Crippen molar-refractivity contribution >= 4 is 35.3 Å². The summed E-state index contributed by atoms with van der Waals surface area (Å²) in [6, 6.07) is 12.4. The molecule has 6 nitrogen and oxygen atoms in total. The molecule has 2 unspecified atom stereocenters. The van der Waals surface area contributed by atoms with Crippen LogP contribution in [0.3, 0.4) is 0 Å². The molecule has 2 aromatic rings. The summed E-state index contributed by atoms with van der Waals surface area (Å²) in [5, 5.41) is 4.99. The molecule has 0 bridgehead atoms. The Morgan fingerprint density at radius 1 is 1.23 bits per heavy atom. The SMILES string of the molecule is COc1cccc(/C=N/NC(=O)C2CC(c3ccc(Cl)c(Cl)c3)NN2)c1. The van der Waals surface area contributed by atoms with E-state index in [4.69, 9.17) is 27.9 Å². The summed E-state index contributed by atoms with van der Waals surface area (Å²) in [6.45, 7) is 0. The van der Waals surface area contributed by atoms with E-state index in [-0.39, 0.29) is 11.9 Å². The first-order valence-electron chi connectivity index (χ1n) is 8.00. The fourth-order valence-electron chi connectivity index (χ4n) is 2.65. The van der Waals surface area contributed by atoms with Crippen LogP contribution in [-0.2, 0) is 4.79 Å². The number of nitrogens with one attached hydrogen (secondary N) is 3. The number of hydrazone groups is 1. The molecule has 0 saturated carbocycles. The lowest BCUT2D eigenvalue weighted by molar-refractivity contribution is -0.122. The zero-order chi connectivity index (χ0) is 18.5. The molecule has 1 fully saturated rings. The number of benzene rings is 2. The highest BCUT2D eigenvalue weighted by Crippen LogP contribution is 2.29. The number of rotatable bonds is 5. The van der Waals surface area contributed by atoms with Crippen molar-refractivity contribution in [1.29, 1.82) is 0 Å². The summed E-state index contributed by atoms with van der Waals surface area (Å²) >= 11 is 12.0. The number of hydrogen-bond acceptors (Lipinski definition) is 5. The summed E-state index contributed by atoms with van der Waals surface area (Å²) < 4.78 is 5.15. The Bertz CT molecular complexity index is 829. The number of halogens is 2. The van der Waals surface area contributed by atoms with Crippen LogP contribution in [-0.4, -0.2) is 25.3 Å². The highest BCUT2D eigenvalue weighted by atomic mass is 35.5. The maximum absolute atomic E-state index is 12.3. The third kappa shape index (κ3) is 4.53. The Hall–Kier alpha value is -2.12. The number of hydrazine groups is 1. The molecule has 0 aromatic heterocycles. The number of methoxy groups -OCH3 is 1. The molecule has 1 aliphatic rings. The summed E-state index contributed by atoms with van der Waals surface area (Å²) in [4.78, 5) is 12.3. The molecule has 26 heavy (non-hydrogen) atoms. The highest BCUT2D eigenvalue weighted by molar-refractivity contribution is 6.42. The van der Waals surface area contributed by atoms with Crippen LogP contribution >= 0.6 is 23.2 Å². The normalized spacial score (nSPS) is 19.7. The minimum atomic E-state index is -0.406. The van der Waals surface area contributed by atoms with Crippen molar-refractivity contribution in [2.75, 3.05) is 7.11 Å². The van der Waals surface area contributed by atoms with E-state index in [1.54, 1.807) is 25.5 Å². The number of nitrogens with zero attached hydrogens (tertiary/aromatic N) is 1. The van der Waals surface area contributed by atoms with Gasteiger partial charge in [0.25, 0.3) is 5.91 Å². The molecule has 3 N–H and O–H groups in total. The third-order valence-electron chi connectivity index (χ3n) is 4.05. The van der Waals surface area contributed by atoms with Crippen molar-refractivity contribution < 1.29 is 9.53 Å². The summed E-state index contributed by atoms with van der Waals surface area (Å²) in [5.41, 5.74) is 10.4. The summed E-state index contributed by atoms with van der Waals surface area (Å²) in [6.07, 6.45) is 2.14. The van der Waals surface area contributed by atoms with Crippen LogP contribution in [0.15, 0.2) is 47.6 Å². The molecule has 8 heteroatoms. The maximum atomic E-state index is 12.3. The van der Waals surface area contributed by atoms with Crippen molar-refractivity contribution in [2.24, 2.45) is 5.10 Å². The van der Waals surface area contributed by atoms with Gasteiger partial charge in [0.1, 0.15) is 11.8 Å². The van der Waals surface area contributed by atoms with Crippen molar-refractivity contribution in [3.8, 4) is 5.75 Å². The van der Waals surface area contributed by atoms with E-state index in [0.717, 1.165) is 16.9 Å². The molecule has 2 aromatic carbocycles. The van der Waals surface area contributed by atoms with Gasteiger partial charge in [-0.05, 0) is 41.8 Å². The monoisotopic (exact) mass is 392 g/mol. The van der Waals surface area contributed by atoms with E-state index in [0.29, 0.717) is 16.5 Å². The van der Waals surface area contributed by atoms with Gasteiger partial charge in [0.05, 0.1) is 23.4 Å². The predicted molar refractivity (Wildman–Crippen MR) is 103 cm³/mol. The van der Waals surface area contributed by atoms with E-state index in [1.165, 1.54) is 0 Å². The molecule has 1 amide bonds. The Morgan fingerprint density at radius 3 is 2.85 bits per heavy atom. The number of hydrogen-bond donors (Lipinski definition) is 3. The molecule has 1 saturated heterocycles. The van der Waals surface area contributed by atoms with Crippen LogP contribution in [0.2, 0.25) is 10.0 Å². The average molecular weight is 393 g/mol. The van der Waals surface area contributed by atoms with Crippen molar-refractivity contribution in [3.63, 3.8) is 0 Å². The number of ether oxygens (including phenoxy) is 1. The molecule has 3 rings (SSSR count). The van der Waals surface area contributed by atoms with E-state index in [2.05, 4.69) is 21.4 Å². The Kier molecular flexibility index (Phi) is 6.11. The fourth-order valence-corrected chi connectivity index (χ4v) is 2.95. The van der Waals surface area contributed by atoms with Gasteiger partial charge in [-0.1, -0.05) is 41.4 Å². The Labute approximate surface area is 161 Å². The average Bonchev–Trinajstić information content (AvgIpc) is 3.14. The number of carbonyl (C=O) groups is 1. The van der Waals surface area contributed by atoms with Gasteiger partial charge in [-0.15, -0.1) is 0 Å². The lowest BCUT2D eigenvalue weighted by atomic mass is 10.0. The van der Waals surface area contributed by atoms with Crippen molar-refractivity contribution in [3.05, 3.63) is 63.6 Å². The predicted octanol–water partition coefficient (Wildman–Crippen LogP) is 3.06. The quantitative estimate of drug-likeness (QED) is 0.539. The van der Waals surface area contributed by atoms with Gasteiger partial charge in [0.15, 0.2) is 0 Å². The van der Waals surface area contributed by atoms with Crippen molar-refractivity contribution in [2.45, 2.75) is 18.5 Å². The minimum absolute atomic E-state index is 0.0390. The molecule has 1 aliphatic heterocycles. The largest absolute Gasteiger partial charge is 0.497 e. The first kappa shape index (κ1) is 18.7. The summed E-state index contributed by atoms with van der Waals surface area (Å²) in [7, 11) is 1.60. The van der Waals surface area contributed by atoms with E-state index >= 15 is 0 Å². The Balaban J connectivity index is 1.55. The zero-order valence-electron chi connectivity index (χ0n) is 14.0. The lowest BCUT2D eigenvalue weighted by Gasteiger charge is -2.10. The van der Waals surface area contributed by atoms with Crippen LogP contribution in [0, 0.1) is 0 Å². The van der Waals surface area contributed by atoms with Gasteiger partial charge in [-0.25, -0.2) is 16.3 Å². The van der Waals surface area contributed by atoms with E-state index in [1.807, 2.05) is 30.3 Å². The van der Waals surface area contributed by atoms with Gasteiger partial charge in [-0.2, -0.15) is 5.10 Å². The second-order valence-corrected chi connectivity index (χ2v) is 6.63. The lowest BCUT2D eigenvalue weighted by Crippen LogP contribution is -2.41. The van der Waals surface area contributed by atoms with Crippen LogP contribution in [0.1, 0.15) is 23.6 Å². The molecule has 1 heterocycles. The van der Waals surface area contributed by atoms with E-state index < -0.39 is 6.04 Å². The second-order valence-electron chi connectivity index (χ2n) is 5.81. The molecule has 0 radical (unpaired) electrons. The van der Waals surface area contributed by atoms with Crippen molar-refractivity contribution in [1.82, 2.24) is 16.3 Å². The van der Waals surface area contributed by atoms with E-state index in [9.17, 15) is 4.79 Å². The molecule has 136 valence electrons. The van der Waals surface area contributed by atoms with Gasteiger partial charge in [0.2, 0.25) is 0 Å². The zero-order valence-corrected chi connectivity index (χ0v) is 15.5. The fraction of sp³-hybridized carbons (Fsp3) is 0.222. The maximum Gasteiger partial charge on any atom is 0.258 e. The third-order valence-corrected chi connectivity index (χ3v) is 4.79. The second kappa shape index (κ2) is 8.51. The summed E-state index contributed by atoms with van der Waals surface area (Å²) in [5.74, 6) is 0.505. The number of carbonyl (C=O) groups excluding carboxylic acids is 1. The topological polar surface area (TPSA) is 74.8 Å². The molecular weight excluding hydrogens is 375 g/mol. The van der Waals surface area contributed by atoms with Crippen LogP contribution < -0.4 is 21.0 Å². The Morgan fingerprint density at radius 2 is 2.08 bits per heavy atom. The first-order chi connectivity index (χ1) is 12.6. The van der Waals surface area contributed by atoms with Crippen LogP contribution in [0.4, 0.5) is 0 Å². The minimum Gasteiger partial charge on any atom is -0.497 e. The molecular formula is C18H18Cl2N4O2. The van der Waals surface area contributed by atoms with Gasteiger partial charge in [-0.3, -0.25) is 4.79 Å².